The van der Waals surface area contributed by atoms with Crippen LogP contribution in [0.1, 0.15) is 6.92 Å². The van der Waals surface area contributed by atoms with Crippen LogP contribution in [0.2, 0.25) is 0 Å². The number of fused-ring (bicyclic) bond motifs is 1. The summed E-state index contributed by atoms with van der Waals surface area (Å²) >= 11 is 3.52. The second-order valence-electron chi connectivity index (χ2n) is 4.16. The van der Waals surface area contributed by atoms with E-state index in [-0.39, 0.29) is 0 Å². The second kappa shape index (κ2) is 6.92. The average molecular weight is 311 g/mol. The smallest absolute Gasteiger partial charge is 0.0590 e. The Balaban J connectivity index is 1.86. The molecule has 0 saturated heterocycles. The molecule has 2 aromatic rings. The van der Waals surface area contributed by atoms with E-state index in [2.05, 4.69) is 56.3 Å². The van der Waals surface area contributed by atoms with Crippen molar-refractivity contribution in [1.29, 1.82) is 0 Å². The molecule has 0 saturated carbocycles. The minimum atomic E-state index is 0.786. The standard InChI is InChI=1S/C14H19BrN2O/c1-2-18-10-7-16-6-9-17-8-5-12-3-4-13(15)11-14(12)17/h3-5,8,11,16H,2,6-7,9-10H2,1H3. The van der Waals surface area contributed by atoms with Crippen molar-refractivity contribution in [2.45, 2.75) is 13.5 Å². The first-order valence-corrected chi connectivity index (χ1v) is 7.13. The molecule has 2 rings (SSSR count). The van der Waals surface area contributed by atoms with Crippen LogP contribution in [0.5, 0.6) is 0 Å². The summed E-state index contributed by atoms with van der Waals surface area (Å²) in [5.41, 5.74) is 1.27. The molecule has 0 spiro atoms. The van der Waals surface area contributed by atoms with Crippen LogP contribution in [-0.4, -0.2) is 30.9 Å². The molecule has 3 nitrogen and oxygen atoms in total. The Bertz CT molecular complexity index is 495. The summed E-state index contributed by atoms with van der Waals surface area (Å²) < 4.78 is 8.68. The van der Waals surface area contributed by atoms with Gasteiger partial charge in [0.25, 0.3) is 0 Å². The van der Waals surface area contributed by atoms with Crippen molar-refractivity contribution in [3.63, 3.8) is 0 Å². The van der Waals surface area contributed by atoms with Gasteiger partial charge in [-0.15, -0.1) is 0 Å². The minimum absolute atomic E-state index is 0.786. The van der Waals surface area contributed by atoms with Gasteiger partial charge in [0, 0.05) is 42.4 Å². The highest BCUT2D eigenvalue weighted by Crippen LogP contribution is 2.20. The minimum Gasteiger partial charge on any atom is -0.380 e. The maximum Gasteiger partial charge on any atom is 0.0590 e. The predicted octanol–water partition coefficient (Wildman–Crippen LogP) is 3.03. The third kappa shape index (κ3) is 3.57. The summed E-state index contributed by atoms with van der Waals surface area (Å²) in [4.78, 5) is 0. The molecule has 0 bridgehead atoms. The number of benzene rings is 1. The fourth-order valence-electron chi connectivity index (χ4n) is 1.97. The van der Waals surface area contributed by atoms with Crippen LogP contribution >= 0.6 is 15.9 Å². The molecule has 0 aliphatic rings. The molecule has 4 heteroatoms. The third-order valence-electron chi connectivity index (χ3n) is 2.89. The Morgan fingerprint density at radius 1 is 1.28 bits per heavy atom. The zero-order valence-electron chi connectivity index (χ0n) is 10.7. The van der Waals surface area contributed by atoms with Crippen molar-refractivity contribution in [3.05, 3.63) is 34.9 Å². The van der Waals surface area contributed by atoms with Crippen molar-refractivity contribution in [2.75, 3.05) is 26.3 Å². The van der Waals surface area contributed by atoms with E-state index in [4.69, 9.17) is 4.74 Å². The van der Waals surface area contributed by atoms with Crippen molar-refractivity contribution in [2.24, 2.45) is 0 Å². The number of rotatable bonds is 7. The van der Waals surface area contributed by atoms with E-state index in [1.54, 1.807) is 0 Å². The Hall–Kier alpha value is -0.840. The molecule has 1 N–H and O–H groups in total. The summed E-state index contributed by atoms with van der Waals surface area (Å²) in [5, 5.41) is 4.66. The number of aromatic nitrogens is 1. The Kier molecular flexibility index (Phi) is 5.23. The topological polar surface area (TPSA) is 26.2 Å². The molecule has 0 unspecified atom stereocenters. The van der Waals surface area contributed by atoms with Gasteiger partial charge >= 0.3 is 0 Å². The van der Waals surface area contributed by atoms with Crippen molar-refractivity contribution >= 4 is 26.8 Å². The predicted molar refractivity (Wildman–Crippen MR) is 79.0 cm³/mol. The van der Waals surface area contributed by atoms with Gasteiger partial charge in [-0.1, -0.05) is 22.0 Å². The SMILES string of the molecule is CCOCCNCCn1ccc2ccc(Br)cc21. The molecule has 0 atom stereocenters. The lowest BCUT2D eigenvalue weighted by Crippen LogP contribution is -2.23. The molecule has 0 fully saturated rings. The highest BCUT2D eigenvalue weighted by atomic mass is 79.9. The van der Waals surface area contributed by atoms with Gasteiger partial charge in [-0.2, -0.15) is 0 Å². The van der Waals surface area contributed by atoms with Crippen LogP contribution in [0, 0.1) is 0 Å². The Morgan fingerprint density at radius 2 is 2.17 bits per heavy atom. The first-order chi connectivity index (χ1) is 8.81. The highest BCUT2D eigenvalue weighted by Gasteiger charge is 2.00. The van der Waals surface area contributed by atoms with Gasteiger partial charge in [0.2, 0.25) is 0 Å². The second-order valence-corrected chi connectivity index (χ2v) is 5.07. The van der Waals surface area contributed by atoms with Crippen molar-refractivity contribution in [3.8, 4) is 0 Å². The van der Waals surface area contributed by atoms with E-state index in [1.807, 2.05) is 6.92 Å². The fourth-order valence-corrected chi connectivity index (χ4v) is 2.31. The Morgan fingerprint density at radius 3 is 3.00 bits per heavy atom. The quantitative estimate of drug-likeness (QED) is 0.796. The first-order valence-electron chi connectivity index (χ1n) is 6.34. The van der Waals surface area contributed by atoms with Crippen LogP contribution in [0.25, 0.3) is 10.9 Å². The maximum atomic E-state index is 5.28. The summed E-state index contributed by atoms with van der Waals surface area (Å²) in [6.07, 6.45) is 2.14. The molecule has 1 aromatic heterocycles. The van der Waals surface area contributed by atoms with Crippen LogP contribution in [0.15, 0.2) is 34.9 Å². The normalized spacial score (nSPS) is 11.2. The lowest BCUT2D eigenvalue weighted by molar-refractivity contribution is 0.149. The van der Waals surface area contributed by atoms with E-state index in [0.717, 1.165) is 37.3 Å². The lowest BCUT2D eigenvalue weighted by Gasteiger charge is -2.07. The van der Waals surface area contributed by atoms with Crippen molar-refractivity contribution in [1.82, 2.24) is 9.88 Å². The molecule has 0 radical (unpaired) electrons. The molecule has 0 amide bonds. The third-order valence-corrected chi connectivity index (χ3v) is 3.39. The van der Waals surface area contributed by atoms with Gasteiger partial charge in [-0.3, -0.25) is 0 Å². The number of hydrogen-bond acceptors (Lipinski definition) is 2. The summed E-state index contributed by atoms with van der Waals surface area (Å²) in [6, 6.07) is 8.53. The van der Waals surface area contributed by atoms with Crippen LogP contribution < -0.4 is 5.32 Å². The zero-order chi connectivity index (χ0) is 12.8. The lowest BCUT2D eigenvalue weighted by atomic mass is 10.2. The molecule has 98 valence electrons. The zero-order valence-corrected chi connectivity index (χ0v) is 12.2. The van der Waals surface area contributed by atoms with E-state index < -0.39 is 0 Å². The van der Waals surface area contributed by atoms with Gasteiger partial charge in [0.1, 0.15) is 0 Å². The van der Waals surface area contributed by atoms with Crippen LogP contribution in [0.4, 0.5) is 0 Å². The molecule has 18 heavy (non-hydrogen) atoms. The van der Waals surface area contributed by atoms with E-state index >= 15 is 0 Å². The van der Waals surface area contributed by atoms with Gasteiger partial charge in [-0.05, 0) is 30.5 Å². The highest BCUT2D eigenvalue weighted by molar-refractivity contribution is 9.10. The average Bonchev–Trinajstić information content (AvgIpc) is 2.76. The van der Waals surface area contributed by atoms with Gasteiger partial charge in [0.15, 0.2) is 0 Å². The molecule has 0 aliphatic carbocycles. The monoisotopic (exact) mass is 310 g/mol. The number of nitrogens with zero attached hydrogens (tertiary/aromatic N) is 1. The number of halogens is 1. The fraction of sp³-hybridized carbons (Fsp3) is 0.429. The Labute approximate surface area is 116 Å². The first kappa shape index (κ1) is 13.6. The molecule has 1 heterocycles. The van der Waals surface area contributed by atoms with Crippen LogP contribution in [0.3, 0.4) is 0 Å². The summed E-state index contributed by atoms with van der Waals surface area (Å²) in [5.74, 6) is 0. The number of hydrogen-bond donors (Lipinski definition) is 1. The molecule has 0 aliphatic heterocycles. The summed E-state index contributed by atoms with van der Waals surface area (Å²) in [6.45, 7) is 6.45. The van der Waals surface area contributed by atoms with E-state index in [9.17, 15) is 0 Å². The number of ether oxygens (including phenoxy) is 1. The number of nitrogens with one attached hydrogen (secondary N) is 1. The van der Waals surface area contributed by atoms with Crippen molar-refractivity contribution < 1.29 is 4.74 Å². The van der Waals surface area contributed by atoms with Gasteiger partial charge in [0.05, 0.1) is 6.61 Å². The summed E-state index contributed by atoms with van der Waals surface area (Å²) in [7, 11) is 0. The molecule has 1 aromatic carbocycles. The van der Waals surface area contributed by atoms with Gasteiger partial charge in [-0.25, -0.2) is 0 Å². The molecular weight excluding hydrogens is 292 g/mol. The molecular formula is C14H19BrN2O. The van der Waals surface area contributed by atoms with Gasteiger partial charge < -0.3 is 14.6 Å². The van der Waals surface area contributed by atoms with E-state index in [0.29, 0.717) is 0 Å². The maximum absolute atomic E-state index is 5.28. The largest absolute Gasteiger partial charge is 0.380 e. The van der Waals surface area contributed by atoms with E-state index in [1.165, 1.54) is 10.9 Å². The van der Waals surface area contributed by atoms with Crippen LogP contribution in [-0.2, 0) is 11.3 Å².